The molecule has 0 saturated carbocycles. The number of Topliss-reactive ketones (excluding diaryl/α,β-unsaturated/α-hetero) is 1. The molecule has 8 heteroatoms. The number of carbonyl (C=O) groups excluding carboxylic acids is 1. The molecule has 0 radical (unpaired) electrons. The average molecular weight is 412 g/mol. The largest absolute Gasteiger partial charge is 0.378 e. The Kier molecular flexibility index (Phi) is 4.87. The van der Waals surface area contributed by atoms with Crippen LogP contribution in [0.3, 0.4) is 0 Å². The van der Waals surface area contributed by atoms with E-state index >= 15 is 0 Å². The Morgan fingerprint density at radius 2 is 1.89 bits per heavy atom. The number of fused-ring (bicyclic) bond motifs is 1. The zero-order chi connectivity index (χ0) is 19.8. The lowest BCUT2D eigenvalue weighted by atomic mass is 9.94. The Morgan fingerprint density at radius 3 is 2.61 bits per heavy atom. The number of azo groups is 1. The van der Waals surface area contributed by atoms with Crippen molar-refractivity contribution in [2.24, 2.45) is 10.2 Å². The molecule has 0 bridgehead atoms. The Hall–Kier alpha value is -2.77. The molecule has 2 heterocycles. The molecule has 2 aromatic rings. The van der Waals surface area contributed by atoms with Gasteiger partial charge in [-0.1, -0.05) is 23.7 Å². The number of hydrogen-bond acceptors (Lipinski definition) is 5. The van der Waals surface area contributed by atoms with Gasteiger partial charge >= 0.3 is 0 Å². The summed E-state index contributed by atoms with van der Waals surface area (Å²) in [5.74, 6) is -0.131. The molecular weight excluding hydrogens is 394 g/mol. The van der Waals surface area contributed by atoms with Crippen LogP contribution < -0.4 is 15.5 Å². The first kappa shape index (κ1) is 18.6. The van der Waals surface area contributed by atoms with Crippen molar-refractivity contribution in [3.05, 3.63) is 64.7 Å². The summed E-state index contributed by atoms with van der Waals surface area (Å²) in [7, 11) is 3.98. The smallest absolute Gasteiger partial charge is 0.193 e. The van der Waals surface area contributed by atoms with E-state index in [0.29, 0.717) is 21.4 Å². The van der Waals surface area contributed by atoms with Crippen LogP contribution in [0.1, 0.15) is 15.9 Å². The van der Waals surface area contributed by atoms with Crippen LogP contribution in [0.5, 0.6) is 0 Å². The molecular formula is C20H18ClN5OS. The second kappa shape index (κ2) is 7.33. The van der Waals surface area contributed by atoms with Gasteiger partial charge in [-0.15, -0.1) is 0 Å². The molecule has 2 unspecified atom stereocenters. The summed E-state index contributed by atoms with van der Waals surface area (Å²) in [5, 5.41) is 15.7. The summed E-state index contributed by atoms with van der Waals surface area (Å²) in [6, 6.07) is 12.0. The fourth-order valence-electron chi connectivity index (χ4n) is 3.21. The maximum absolute atomic E-state index is 13.0. The molecule has 0 aromatic heterocycles. The van der Waals surface area contributed by atoms with Crippen molar-refractivity contribution in [2.45, 2.75) is 12.1 Å². The highest BCUT2D eigenvalue weighted by Crippen LogP contribution is 2.31. The van der Waals surface area contributed by atoms with Crippen LogP contribution in [0.4, 0.5) is 11.4 Å². The van der Waals surface area contributed by atoms with Gasteiger partial charge in [0.15, 0.2) is 16.9 Å². The number of nitrogens with one attached hydrogen (secondary N) is 2. The number of ketones is 1. The lowest BCUT2D eigenvalue weighted by Gasteiger charge is -2.30. The Bertz CT molecular complexity index is 1020. The van der Waals surface area contributed by atoms with E-state index in [9.17, 15) is 4.79 Å². The Morgan fingerprint density at radius 1 is 1.14 bits per heavy atom. The van der Waals surface area contributed by atoms with Crippen LogP contribution in [0.15, 0.2) is 58.8 Å². The van der Waals surface area contributed by atoms with Crippen molar-refractivity contribution in [3.63, 3.8) is 0 Å². The Balaban J connectivity index is 1.65. The lowest BCUT2D eigenvalue weighted by Crippen LogP contribution is -2.52. The number of thiocarbonyl (C=S) groups is 1. The third-order valence-corrected chi connectivity index (χ3v) is 5.16. The van der Waals surface area contributed by atoms with Gasteiger partial charge in [0.2, 0.25) is 0 Å². The van der Waals surface area contributed by atoms with Crippen molar-refractivity contribution in [3.8, 4) is 0 Å². The van der Waals surface area contributed by atoms with Crippen LogP contribution in [-0.4, -0.2) is 37.1 Å². The van der Waals surface area contributed by atoms with Gasteiger partial charge in [0, 0.05) is 36.1 Å². The molecule has 4 rings (SSSR count). The van der Waals surface area contributed by atoms with E-state index in [1.54, 1.807) is 18.2 Å². The van der Waals surface area contributed by atoms with Crippen molar-refractivity contribution >= 4 is 51.8 Å². The summed E-state index contributed by atoms with van der Waals surface area (Å²) in [6.07, 6.45) is 1.93. The predicted octanol–water partition coefficient (Wildman–Crippen LogP) is 3.94. The van der Waals surface area contributed by atoms with E-state index in [1.165, 1.54) is 0 Å². The fourth-order valence-corrected chi connectivity index (χ4v) is 3.63. The molecule has 2 aliphatic heterocycles. The second-order valence-corrected chi connectivity index (χ2v) is 7.68. The van der Waals surface area contributed by atoms with Gasteiger partial charge < -0.3 is 15.5 Å². The number of anilines is 1. The highest BCUT2D eigenvalue weighted by atomic mass is 35.5. The van der Waals surface area contributed by atoms with E-state index in [2.05, 4.69) is 20.9 Å². The molecule has 0 amide bonds. The SMILES string of the molecule is CN(C)c1ccc(C2=CC(C3N=Nc4ccc(Cl)cc4C3=O)NC(=S)N2)cc1. The predicted molar refractivity (Wildman–Crippen MR) is 115 cm³/mol. The number of carbonyl (C=O) groups is 1. The summed E-state index contributed by atoms with van der Waals surface area (Å²) in [6.45, 7) is 0. The topological polar surface area (TPSA) is 69.1 Å². The van der Waals surface area contributed by atoms with Crippen LogP contribution >= 0.6 is 23.8 Å². The Labute approximate surface area is 173 Å². The molecule has 2 aliphatic rings. The normalized spacial score (nSPS) is 20.8. The first-order valence-electron chi connectivity index (χ1n) is 8.74. The standard InChI is InChI=1S/C20H18ClN5OS/c1-26(2)13-6-3-11(4-7-13)16-10-17(23-20(28)22-16)18-19(27)14-9-12(21)5-8-15(14)24-25-18/h3-10,17-18H,1-2H3,(H2,22,23,28). The van der Waals surface area contributed by atoms with Gasteiger partial charge in [0.05, 0.1) is 11.7 Å². The van der Waals surface area contributed by atoms with E-state index in [4.69, 9.17) is 23.8 Å². The van der Waals surface area contributed by atoms with Gasteiger partial charge in [-0.05, 0) is 54.2 Å². The summed E-state index contributed by atoms with van der Waals surface area (Å²) < 4.78 is 0. The fraction of sp³-hybridized carbons (Fsp3) is 0.200. The van der Waals surface area contributed by atoms with Crippen molar-refractivity contribution < 1.29 is 4.79 Å². The number of hydrogen-bond donors (Lipinski definition) is 2. The molecule has 0 fully saturated rings. The van der Waals surface area contributed by atoms with Crippen molar-refractivity contribution in [1.82, 2.24) is 10.6 Å². The maximum atomic E-state index is 13.0. The summed E-state index contributed by atoms with van der Waals surface area (Å²) in [4.78, 5) is 15.0. The molecule has 0 aliphatic carbocycles. The zero-order valence-corrected chi connectivity index (χ0v) is 16.9. The highest BCUT2D eigenvalue weighted by Gasteiger charge is 2.34. The summed E-state index contributed by atoms with van der Waals surface area (Å²) in [5.41, 5.74) is 3.92. The summed E-state index contributed by atoms with van der Waals surface area (Å²) >= 11 is 11.4. The van der Waals surface area contributed by atoms with Gasteiger partial charge in [-0.3, -0.25) is 4.79 Å². The van der Waals surface area contributed by atoms with Crippen LogP contribution in [-0.2, 0) is 0 Å². The van der Waals surface area contributed by atoms with Crippen LogP contribution in [0.2, 0.25) is 5.02 Å². The molecule has 2 atom stereocenters. The quantitative estimate of drug-likeness (QED) is 0.748. The molecule has 0 saturated heterocycles. The number of benzene rings is 2. The first-order chi connectivity index (χ1) is 13.4. The van der Waals surface area contributed by atoms with Crippen LogP contribution in [0.25, 0.3) is 5.70 Å². The highest BCUT2D eigenvalue weighted by molar-refractivity contribution is 7.80. The first-order valence-corrected chi connectivity index (χ1v) is 9.53. The molecule has 2 N–H and O–H groups in total. The average Bonchev–Trinajstić information content (AvgIpc) is 2.68. The van der Waals surface area contributed by atoms with Crippen molar-refractivity contribution in [2.75, 3.05) is 19.0 Å². The zero-order valence-electron chi connectivity index (χ0n) is 15.3. The lowest BCUT2D eigenvalue weighted by molar-refractivity contribution is 0.0947. The monoisotopic (exact) mass is 411 g/mol. The van der Waals surface area contributed by atoms with Crippen molar-refractivity contribution in [1.29, 1.82) is 0 Å². The van der Waals surface area contributed by atoms with E-state index < -0.39 is 12.1 Å². The molecule has 6 nitrogen and oxygen atoms in total. The molecule has 28 heavy (non-hydrogen) atoms. The van der Waals surface area contributed by atoms with Gasteiger partial charge in [0.1, 0.15) is 0 Å². The van der Waals surface area contributed by atoms with E-state index in [1.807, 2.05) is 49.3 Å². The van der Waals surface area contributed by atoms with Gasteiger partial charge in [0.25, 0.3) is 0 Å². The van der Waals surface area contributed by atoms with Gasteiger partial charge in [-0.2, -0.15) is 10.2 Å². The van der Waals surface area contributed by atoms with E-state index in [0.717, 1.165) is 16.9 Å². The third-order valence-electron chi connectivity index (χ3n) is 4.71. The second-order valence-electron chi connectivity index (χ2n) is 6.83. The van der Waals surface area contributed by atoms with Crippen LogP contribution in [0, 0.1) is 0 Å². The minimum Gasteiger partial charge on any atom is -0.378 e. The molecule has 2 aromatic carbocycles. The van der Waals surface area contributed by atoms with E-state index in [-0.39, 0.29) is 5.78 Å². The third kappa shape index (κ3) is 3.50. The number of halogens is 1. The minimum absolute atomic E-state index is 0.131. The molecule has 142 valence electrons. The minimum atomic E-state index is -0.706. The number of rotatable bonds is 3. The maximum Gasteiger partial charge on any atom is 0.193 e. The van der Waals surface area contributed by atoms with Gasteiger partial charge in [-0.25, -0.2) is 0 Å². The number of nitrogens with zero attached hydrogens (tertiary/aromatic N) is 3. The molecule has 0 spiro atoms.